The van der Waals surface area contributed by atoms with Crippen LogP contribution in [0.5, 0.6) is 0 Å². The van der Waals surface area contributed by atoms with Gasteiger partial charge in [0.2, 0.25) is 0 Å². The second kappa shape index (κ2) is 4.79. The maximum atomic E-state index is 12.6. The van der Waals surface area contributed by atoms with Crippen LogP contribution in [0.15, 0.2) is 36.5 Å². The number of nitrogens with one attached hydrogen (secondary N) is 1. The maximum absolute atomic E-state index is 12.6. The molecule has 1 aromatic heterocycles. The van der Waals surface area contributed by atoms with Crippen molar-refractivity contribution in [2.45, 2.75) is 13.1 Å². The van der Waals surface area contributed by atoms with Crippen LogP contribution < -0.4 is 11.1 Å². The first kappa shape index (κ1) is 13.2. The van der Waals surface area contributed by atoms with E-state index in [4.69, 9.17) is 5.73 Å². The van der Waals surface area contributed by atoms with Crippen LogP contribution in [0.1, 0.15) is 11.1 Å². The van der Waals surface area contributed by atoms with Gasteiger partial charge in [0.15, 0.2) is 0 Å². The largest absolute Gasteiger partial charge is 0.416 e. The van der Waals surface area contributed by atoms with Gasteiger partial charge >= 0.3 is 6.18 Å². The van der Waals surface area contributed by atoms with E-state index in [1.165, 1.54) is 12.3 Å². The standard InChI is InChI=1S/C13H12F3N3/c1-8-2-3-9(13(14,15)16)6-11(8)19-12-7-10(17)4-5-18-12/h2-7H,1H3,(H3,17,18,19). The second-order valence-corrected chi connectivity index (χ2v) is 4.13. The molecule has 100 valence electrons. The van der Waals surface area contributed by atoms with Gasteiger partial charge in [-0.1, -0.05) is 6.07 Å². The molecule has 0 bridgehead atoms. The van der Waals surface area contributed by atoms with Crippen LogP contribution in [0.4, 0.5) is 30.4 Å². The van der Waals surface area contributed by atoms with Crippen molar-refractivity contribution < 1.29 is 13.2 Å². The monoisotopic (exact) mass is 267 g/mol. The Bertz CT molecular complexity index is 594. The van der Waals surface area contributed by atoms with Gasteiger partial charge in [-0.25, -0.2) is 4.98 Å². The topological polar surface area (TPSA) is 50.9 Å². The second-order valence-electron chi connectivity index (χ2n) is 4.13. The van der Waals surface area contributed by atoms with Crippen LogP contribution in [0.2, 0.25) is 0 Å². The van der Waals surface area contributed by atoms with Crippen LogP contribution in [-0.2, 0) is 6.18 Å². The summed E-state index contributed by atoms with van der Waals surface area (Å²) in [5, 5.41) is 2.83. The number of anilines is 3. The molecule has 2 aromatic rings. The Morgan fingerprint density at radius 2 is 1.89 bits per heavy atom. The van der Waals surface area contributed by atoms with E-state index in [2.05, 4.69) is 10.3 Å². The summed E-state index contributed by atoms with van der Waals surface area (Å²) < 4.78 is 37.9. The third kappa shape index (κ3) is 3.15. The van der Waals surface area contributed by atoms with Crippen molar-refractivity contribution in [2.75, 3.05) is 11.1 Å². The molecule has 6 heteroatoms. The molecule has 0 fully saturated rings. The Morgan fingerprint density at radius 3 is 2.53 bits per heavy atom. The third-order valence-electron chi connectivity index (χ3n) is 2.61. The van der Waals surface area contributed by atoms with Crippen LogP contribution >= 0.6 is 0 Å². The molecule has 0 unspecified atom stereocenters. The van der Waals surface area contributed by atoms with Crippen molar-refractivity contribution >= 4 is 17.2 Å². The molecule has 3 nitrogen and oxygen atoms in total. The SMILES string of the molecule is Cc1ccc(C(F)(F)F)cc1Nc1cc(N)ccn1. The molecule has 3 N–H and O–H groups in total. The molecule has 19 heavy (non-hydrogen) atoms. The summed E-state index contributed by atoms with van der Waals surface area (Å²) in [6.45, 7) is 1.72. The highest BCUT2D eigenvalue weighted by Crippen LogP contribution is 2.32. The molecule has 1 aromatic carbocycles. The molecule has 0 saturated heterocycles. The van der Waals surface area contributed by atoms with Gasteiger partial charge < -0.3 is 11.1 Å². The number of nitrogens with two attached hydrogens (primary N) is 1. The number of pyridine rings is 1. The van der Waals surface area contributed by atoms with E-state index in [-0.39, 0.29) is 0 Å². The molecule has 0 aliphatic rings. The van der Waals surface area contributed by atoms with Crippen molar-refractivity contribution in [2.24, 2.45) is 0 Å². The molecule has 0 spiro atoms. The minimum Gasteiger partial charge on any atom is -0.399 e. The fraction of sp³-hybridized carbons (Fsp3) is 0.154. The average Bonchev–Trinajstić information content (AvgIpc) is 2.30. The van der Waals surface area contributed by atoms with E-state index < -0.39 is 11.7 Å². The summed E-state index contributed by atoms with van der Waals surface area (Å²) in [7, 11) is 0. The van der Waals surface area contributed by atoms with Crippen molar-refractivity contribution in [1.82, 2.24) is 4.98 Å². The summed E-state index contributed by atoms with van der Waals surface area (Å²) in [6.07, 6.45) is -2.88. The number of aromatic nitrogens is 1. The molecule has 0 radical (unpaired) electrons. The molecule has 0 amide bonds. The van der Waals surface area contributed by atoms with Crippen molar-refractivity contribution in [1.29, 1.82) is 0 Å². The number of hydrogen-bond acceptors (Lipinski definition) is 3. The molecule has 0 saturated carbocycles. The lowest BCUT2D eigenvalue weighted by atomic mass is 10.1. The summed E-state index contributed by atoms with van der Waals surface area (Å²) in [4.78, 5) is 4.00. The summed E-state index contributed by atoms with van der Waals surface area (Å²) >= 11 is 0. The lowest BCUT2D eigenvalue weighted by molar-refractivity contribution is -0.137. The highest BCUT2D eigenvalue weighted by molar-refractivity contribution is 5.63. The highest BCUT2D eigenvalue weighted by atomic mass is 19.4. The van der Waals surface area contributed by atoms with Crippen LogP contribution in [-0.4, -0.2) is 4.98 Å². The molecular weight excluding hydrogens is 255 g/mol. The number of hydrogen-bond donors (Lipinski definition) is 2. The zero-order valence-electron chi connectivity index (χ0n) is 10.1. The number of alkyl halides is 3. The molecule has 2 rings (SSSR count). The Labute approximate surface area is 108 Å². The number of rotatable bonds is 2. The first-order valence-electron chi connectivity index (χ1n) is 5.52. The van der Waals surface area contributed by atoms with Crippen LogP contribution in [0.3, 0.4) is 0 Å². The molecule has 1 heterocycles. The van der Waals surface area contributed by atoms with Crippen molar-refractivity contribution in [3.8, 4) is 0 Å². The van der Waals surface area contributed by atoms with Gasteiger partial charge in [-0.05, 0) is 30.7 Å². The normalized spacial score (nSPS) is 11.4. The van der Waals surface area contributed by atoms with E-state index in [1.54, 1.807) is 19.1 Å². The Balaban J connectivity index is 2.34. The third-order valence-corrected chi connectivity index (χ3v) is 2.61. The zero-order chi connectivity index (χ0) is 14.0. The van der Waals surface area contributed by atoms with Crippen molar-refractivity contribution in [3.05, 3.63) is 47.7 Å². The van der Waals surface area contributed by atoms with Gasteiger partial charge in [0, 0.05) is 23.6 Å². The summed E-state index contributed by atoms with van der Waals surface area (Å²) in [5.74, 6) is 0.405. The number of halogens is 3. The van der Waals surface area contributed by atoms with E-state index in [1.807, 2.05) is 0 Å². The lowest BCUT2D eigenvalue weighted by Crippen LogP contribution is -2.06. The molecule has 0 aliphatic heterocycles. The van der Waals surface area contributed by atoms with Crippen LogP contribution in [0.25, 0.3) is 0 Å². The summed E-state index contributed by atoms with van der Waals surface area (Å²) in [5.41, 5.74) is 6.42. The fourth-order valence-corrected chi connectivity index (χ4v) is 1.59. The fourth-order valence-electron chi connectivity index (χ4n) is 1.59. The average molecular weight is 267 g/mol. The zero-order valence-corrected chi connectivity index (χ0v) is 10.1. The van der Waals surface area contributed by atoms with E-state index >= 15 is 0 Å². The van der Waals surface area contributed by atoms with Gasteiger partial charge in [-0.3, -0.25) is 0 Å². The Hall–Kier alpha value is -2.24. The first-order chi connectivity index (χ1) is 8.86. The van der Waals surface area contributed by atoms with E-state index in [9.17, 15) is 13.2 Å². The van der Waals surface area contributed by atoms with E-state index in [0.717, 1.165) is 12.1 Å². The van der Waals surface area contributed by atoms with Gasteiger partial charge in [-0.2, -0.15) is 13.2 Å². The highest BCUT2D eigenvalue weighted by Gasteiger charge is 2.30. The minimum absolute atomic E-state index is 0.355. The number of benzene rings is 1. The number of aryl methyl sites for hydroxylation is 1. The van der Waals surface area contributed by atoms with Gasteiger partial charge in [0.1, 0.15) is 5.82 Å². The van der Waals surface area contributed by atoms with Crippen molar-refractivity contribution in [3.63, 3.8) is 0 Å². The van der Waals surface area contributed by atoms with Gasteiger partial charge in [0.05, 0.1) is 5.56 Å². The molecule has 0 aliphatic carbocycles. The quantitative estimate of drug-likeness (QED) is 0.871. The van der Waals surface area contributed by atoms with E-state index in [0.29, 0.717) is 22.8 Å². The smallest absolute Gasteiger partial charge is 0.399 e. The predicted molar refractivity (Wildman–Crippen MR) is 68.1 cm³/mol. The molecular formula is C13H12F3N3. The first-order valence-corrected chi connectivity index (χ1v) is 5.52. The lowest BCUT2D eigenvalue weighted by Gasteiger charge is -2.13. The Kier molecular flexibility index (Phi) is 3.33. The van der Waals surface area contributed by atoms with Crippen LogP contribution in [0, 0.1) is 6.92 Å². The number of nitrogens with zero attached hydrogens (tertiary/aromatic N) is 1. The minimum atomic E-state index is -4.37. The number of nitrogen functional groups attached to an aromatic ring is 1. The summed E-state index contributed by atoms with van der Waals surface area (Å²) in [6, 6.07) is 6.68. The molecule has 0 atom stereocenters. The van der Waals surface area contributed by atoms with Gasteiger partial charge in [-0.15, -0.1) is 0 Å². The Morgan fingerprint density at radius 1 is 1.16 bits per heavy atom. The van der Waals surface area contributed by atoms with Gasteiger partial charge in [0.25, 0.3) is 0 Å². The predicted octanol–water partition coefficient (Wildman–Crippen LogP) is 3.73. The maximum Gasteiger partial charge on any atom is 0.416 e.